The third kappa shape index (κ3) is 7.84. The number of carbonyl (C=O) groups is 3. The monoisotopic (exact) mass is 328 g/mol. The molecule has 0 spiro atoms. The minimum Gasteiger partial charge on any atom is -0.454 e. The lowest BCUT2D eigenvalue weighted by Crippen LogP contribution is -2.33. The van der Waals surface area contributed by atoms with Crippen molar-refractivity contribution in [3.63, 3.8) is 0 Å². The number of halogens is 3. The minimum absolute atomic E-state index is 0.0339. The quantitative estimate of drug-likeness (QED) is 0.524. The lowest BCUT2D eigenvalue weighted by molar-refractivity contribution is -0.190. The molecule has 0 aromatic heterocycles. The van der Waals surface area contributed by atoms with E-state index in [2.05, 4.69) is 9.47 Å². The molecule has 0 radical (unpaired) electrons. The van der Waals surface area contributed by atoms with Gasteiger partial charge in [-0.3, -0.25) is 4.79 Å². The molecular formula is C13H19F3O6. The summed E-state index contributed by atoms with van der Waals surface area (Å²) in [5.41, 5.74) is -0.814. The number of hydrogen-bond donors (Lipinski definition) is 0. The standard InChI is InChI=1S/C13H19F3O6/c1-8(2)12(3,4)11(19)21-6-9(17)20-5-10(18)22-7-13(14,15)16/h8H,5-7H2,1-4H3. The zero-order chi connectivity index (χ0) is 17.6. The average molecular weight is 328 g/mol. The van der Waals surface area contributed by atoms with Crippen LogP contribution in [0.2, 0.25) is 0 Å². The Morgan fingerprint density at radius 1 is 0.909 bits per heavy atom. The molecule has 0 bridgehead atoms. The van der Waals surface area contributed by atoms with Crippen LogP contribution in [-0.4, -0.2) is 43.9 Å². The summed E-state index contributed by atoms with van der Waals surface area (Å²) in [5.74, 6) is -3.07. The largest absolute Gasteiger partial charge is 0.454 e. The van der Waals surface area contributed by atoms with Crippen LogP contribution in [0.1, 0.15) is 27.7 Å². The molecule has 0 heterocycles. The second-order valence-electron chi connectivity index (χ2n) is 5.39. The molecule has 0 fully saturated rings. The lowest BCUT2D eigenvalue weighted by atomic mass is 9.81. The van der Waals surface area contributed by atoms with Gasteiger partial charge in [0.2, 0.25) is 0 Å². The van der Waals surface area contributed by atoms with Gasteiger partial charge >= 0.3 is 24.1 Å². The zero-order valence-corrected chi connectivity index (χ0v) is 12.8. The number of ether oxygens (including phenoxy) is 3. The molecule has 0 N–H and O–H groups in total. The van der Waals surface area contributed by atoms with E-state index in [1.165, 1.54) is 0 Å². The van der Waals surface area contributed by atoms with E-state index in [4.69, 9.17) is 4.74 Å². The molecule has 0 aliphatic rings. The predicted octanol–water partition coefficient (Wildman–Crippen LogP) is 1.86. The summed E-state index contributed by atoms with van der Waals surface area (Å²) >= 11 is 0. The van der Waals surface area contributed by atoms with Gasteiger partial charge in [-0.05, 0) is 19.8 Å². The molecule has 0 atom stereocenters. The first-order valence-corrected chi connectivity index (χ1v) is 6.41. The fraction of sp³-hybridized carbons (Fsp3) is 0.769. The summed E-state index contributed by atoms with van der Waals surface area (Å²) in [4.78, 5) is 33.8. The molecule has 0 saturated heterocycles. The van der Waals surface area contributed by atoms with Crippen LogP contribution in [0.3, 0.4) is 0 Å². The van der Waals surface area contributed by atoms with Gasteiger partial charge in [-0.25, -0.2) is 9.59 Å². The van der Waals surface area contributed by atoms with Crippen molar-refractivity contribution in [3.8, 4) is 0 Å². The summed E-state index contributed by atoms with van der Waals surface area (Å²) in [6, 6.07) is 0. The number of alkyl halides is 3. The van der Waals surface area contributed by atoms with Crippen molar-refractivity contribution in [2.75, 3.05) is 19.8 Å². The summed E-state index contributed by atoms with van der Waals surface area (Å²) in [5, 5.41) is 0. The Hall–Kier alpha value is -1.80. The smallest absolute Gasteiger partial charge is 0.422 e. The van der Waals surface area contributed by atoms with Gasteiger partial charge in [-0.2, -0.15) is 13.2 Å². The Balaban J connectivity index is 4.06. The van der Waals surface area contributed by atoms with Gasteiger partial charge in [0.15, 0.2) is 19.8 Å². The molecule has 0 aliphatic heterocycles. The van der Waals surface area contributed by atoms with Gasteiger partial charge in [0.05, 0.1) is 5.41 Å². The zero-order valence-electron chi connectivity index (χ0n) is 12.8. The Morgan fingerprint density at radius 3 is 1.82 bits per heavy atom. The second kappa shape index (κ2) is 8.00. The molecule has 6 nitrogen and oxygen atoms in total. The number of hydrogen-bond acceptors (Lipinski definition) is 6. The van der Waals surface area contributed by atoms with Gasteiger partial charge in [0.1, 0.15) is 0 Å². The van der Waals surface area contributed by atoms with Crippen molar-refractivity contribution < 1.29 is 41.8 Å². The van der Waals surface area contributed by atoms with Crippen molar-refractivity contribution in [2.24, 2.45) is 11.3 Å². The van der Waals surface area contributed by atoms with Crippen LogP contribution in [0.15, 0.2) is 0 Å². The highest BCUT2D eigenvalue weighted by Crippen LogP contribution is 2.27. The SMILES string of the molecule is CC(C)C(C)(C)C(=O)OCC(=O)OCC(=O)OCC(F)(F)F. The van der Waals surface area contributed by atoms with E-state index in [9.17, 15) is 27.6 Å². The summed E-state index contributed by atoms with van der Waals surface area (Å²) in [6.45, 7) is 3.40. The van der Waals surface area contributed by atoms with E-state index >= 15 is 0 Å². The summed E-state index contributed by atoms with van der Waals surface area (Å²) in [7, 11) is 0. The van der Waals surface area contributed by atoms with Crippen molar-refractivity contribution >= 4 is 17.9 Å². The normalized spacial score (nSPS) is 12.0. The van der Waals surface area contributed by atoms with E-state index in [-0.39, 0.29) is 5.92 Å². The molecule has 0 aromatic rings. The molecule has 0 saturated carbocycles. The highest BCUT2D eigenvalue weighted by atomic mass is 19.4. The van der Waals surface area contributed by atoms with Crippen LogP contribution < -0.4 is 0 Å². The predicted molar refractivity (Wildman–Crippen MR) is 67.6 cm³/mol. The van der Waals surface area contributed by atoms with Crippen LogP contribution >= 0.6 is 0 Å². The van der Waals surface area contributed by atoms with Gasteiger partial charge in [0, 0.05) is 0 Å². The van der Waals surface area contributed by atoms with Crippen LogP contribution in [-0.2, 0) is 28.6 Å². The minimum atomic E-state index is -4.66. The van der Waals surface area contributed by atoms with Crippen molar-refractivity contribution in [3.05, 3.63) is 0 Å². The Morgan fingerprint density at radius 2 is 1.36 bits per heavy atom. The molecule has 0 aromatic carbocycles. The average Bonchev–Trinajstić information content (AvgIpc) is 2.38. The number of carbonyl (C=O) groups excluding carboxylic acids is 3. The van der Waals surface area contributed by atoms with Gasteiger partial charge in [0.25, 0.3) is 0 Å². The Kier molecular flexibility index (Phi) is 7.34. The fourth-order valence-electron chi connectivity index (χ4n) is 0.931. The third-order valence-corrected chi connectivity index (χ3v) is 3.04. The van der Waals surface area contributed by atoms with E-state index in [1.807, 2.05) is 0 Å². The van der Waals surface area contributed by atoms with Gasteiger partial charge in [-0.15, -0.1) is 0 Å². The molecule has 22 heavy (non-hydrogen) atoms. The van der Waals surface area contributed by atoms with Gasteiger partial charge in [-0.1, -0.05) is 13.8 Å². The highest BCUT2D eigenvalue weighted by molar-refractivity contribution is 5.81. The lowest BCUT2D eigenvalue weighted by Gasteiger charge is -2.26. The maximum Gasteiger partial charge on any atom is 0.422 e. The first-order valence-electron chi connectivity index (χ1n) is 6.41. The third-order valence-electron chi connectivity index (χ3n) is 3.04. The van der Waals surface area contributed by atoms with Crippen LogP contribution in [0.5, 0.6) is 0 Å². The van der Waals surface area contributed by atoms with Crippen molar-refractivity contribution in [1.82, 2.24) is 0 Å². The highest BCUT2D eigenvalue weighted by Gasteiger charge is 2.33. The fourth-order valence-corrected chi connectivity index (χ4v) is 0.931. The van der Waals surface area contributed by atoms with Crippen molar-refractivity contribution in [1.29, 1.82) is 0 Å². The Bertz CT molecular complexity index is 414. The maximum absolute atomic E-state index is 11.8. The Labute approximate surface area is 125 Å². The van der Waals surface area contributed by atoms with E-state index < -0.39 is 49.3 Å². The molecule has 9 heteroatoms. The maximum atomic E-state index is 11.8. The van der Waals surface area contributed by atoms with Gasteiger partial charge < -0.3 is 14.2 Å². The van der Waals surface area contributed by atoms with E-state index in [0.29, 0.717) is 0 Å². The molecule has 0 rings (SSSR count). The molecule has 0 amide bonds. The first-order chi connectivity index (χ1) is 9.86. The van der Waals surface area contributed by atoms with Crippen LogP contribution in [0.4, 0.5) is 13.2 Å². The van der Waals surface area contributed by atoms with Crippen molar-refractivity contribution in [2.45, 2.75) is 33.9 Å². The molecular weight excluding hydrogens is 309 g/mol. The van der Waals surface area contributed by atoms with E-state index in [1.54, 1.807) is 27.7 Å². The summed E-state index contributed by atoms with van der Waals surface area (Å²) < 4.78 is 48.2. The van der Waals surface area contributed by atoms with E-state index in [0.717, 1.165) is 0 Å². The first kappa shape index (κ1) is 20.2. The molecule has 128 valence electrons. The second-order valence-corrected chi connectivity index (χ2v) is 5.39. The molecule has 0 aliphatic carbocycles. The van der Waals surface area contributed by atoms with Crippen LogP contribution in [0, 0.1) is 11.3 Å². The van der Waals surface area contributed by atoms with Crippen LogP contribution in [0.25, 0.3) is 0 Å². The number of rotatable bonds is 7. The summed E-state index contributed by atoms with van der Waals surface area (Å²) in [6.07, 6.45) is -4.66. The number of esters is 3. The molecule has 0 unspecified atom stereocenters. The topological polar surface area (TPSA) is 78.9 Å².